The maximum absolute atomic E-state index is 12.7. The summed E-state index contributed by atoms with van der Waals surface area (Å²) in [6.45, 7) is -0.565. The summed E-state index contributed by atoms with van der Waals surface area (Å²) >= 11 is 0. The molecule has 0 saturated carbocycles. The number of nitro groups is 1. The number of alkyl halides is 3. The minimum atomic E-state index is -4.70. The third-order valence-electron chi connectivity index (χ3n) is 3.52. The van der Waals surface area contributed by atoms with E-state index in [0.29, 0.717) is 12.1 Å². The topological polar surface area (TPSA) is 123 Å². The van der Waals surface area contributed by atoms with Gasteiger partial charge in [0.15, 0.2) is 6.61 Å². The molecule has 0 aliphatic rings. The fourth-order valence-corrected chi connectivity index (χ4v) is 2.16. The average molecular weight is 412 g/mol. The van der Waals surface area contributed by atoms with Gasteiger partial charge in [-0.05, 0) is 24.3 Å². The number of esters is 1. The van der Waals surface area contributed by atoms with E-state index in [4.69, 9.17) is 4.74 Å². The zero-order valence-corrected chi connectivity index (χ0v) is 14.7. The fourth-order valence-electron chi connectivity index (χ4n) is 2.16. The van der Waals surface area contributed by atoms with Gasteiger partial charge in [-0.1, -0.05) is 0 Å². The first-order valence-electron chi connectivity index (χ1n) is 8.12. The van der Waals surface area contributed by atoms with E-state index in [1.165, 1.54) is 24.5 Å². The Hall–Kier alpha value is -3.70. The van der Waals surface area contributed by atoms with Crippen molar-refractivity contribution in [3.63, 3.8) is 0 Å². The van der Waals surface area contributed by atoms with Gasteiger partial charge in [0.25, 0.3) is 11.6 Å². The number of nitrogens with zero attached hydrogens (tertiary/aromatic N) is 2. The molecule has 0 spiro atoms. The molecule has 0 fully saturated rings. The summed E-state index contributed by atoms with van der Waals surface area (Å²) < 4.78 is 42.8. The molecule has 0 saturated heterocycles. The summed E-state index contributed by atoms with van der Waals surface area (Å²) in [6, 6.07) is 5.08. The van der Waals surface area contributed by atoms with Gasteiger partial charge in [0.05, 0.1) is 16.1 Å². The van der Waals surface area contributed by atoms with Gasteiger partial charge in [0, 0.05) is 31.5 Å². The van der Waals surface area contributed by atoms with Gasteiger partial charge in [0.1, 0.15) is 5.69 Å². The molecule has 1 aromatic carbocycles. The minimum Gasteiger partial charge on any atom is -0.452 e. The van der Waals surface area contributed by atoms with Crippen molar-refractivity contribution in [3.8, 4) is 0 Å². The Morgan fingerprint density at radius 1 is 1.21 bits per heavy atom. The van der Waals surface area contributed by atoms with E-state index >= 15 is 0 Å². The van der Waals surface area contributed by atoms with Crippen molar-refractivity contribution < 1.29 is 32.4 Å². The molecule has 1 heterocycles. The number of rotatable bonds is 8. The number of carbonyl (C=O) groups excluding carboxylic acids is 2. The van der Waals surface area contributed by atoms with Gasteiger partial charge in [-0.25, -0.2) is 4.79 Å². The lowest BCUT2D eigenvalue weighted by Crippen LogP contribution is -2.32. The Kier molecular flexibility index (Phi) is 7.06. The molecular weight excluding hydrogens is 397 g/mol. The Morgan fingerprint density at radius 2 is 1.97 bits per heavy atom. The Balaban J connectivity index is 1.80. The molecule has 2 aromatic rings. The van der Waals surface area contributed by atoms with Gasteiger partial charge in [-0.2, -0.15) is 13.2 Å². The quantitative estimate of drug-likeness (QED) is 0.295. The van der Waals surface area contributed by atoms with Gasteiger partial charge in [-0.3, -0.25) is 19.9 Å². The molecule has 12 heteroatoms. The number of nitro benzene ring substituents is 1. The standard InChI is InChI=1S/C17H15F3N4O5/c18-17(19,20)12-3-4-13(14(8-12)24(27)28)22-6-7-23-15(25)10-29-16(26)11-2-1-5-21-9-11/h1-5,8-9,22H,6-7,10H2,(H,23,25). The van der Waals surface area contributed by atoms with Crippen molar-refractivity contribution in [1.82, 2.24) is 10.3 Å². The zero-order chi connectivity index (χ0) is 21.4. The molecule has 1 aromatic heterocycles. The first kappa shape index (κ1) is 21.6. The molecule has 29 heavy (non-hydrogen) atoms. The van der Waals surface area contributed by atoms with E-state index in [-0.39, 0.29) is 24.3 Å². The summed E-state index contributed by atoms with van der Waals surface area (Å²) in [5.41, 5.74) is -1.83. The number of hydrogen-bond donors (Lipinski definition) is 2. The van der Waals surface area contributed by atoms with E-state index in [0.717, 1.165) is 6.07 Å². The number of halogens is 3. The van der Waals surface area contributed by atoms with Crippen LogP contribution in [-0.2, 0) is 15.7 Å². The van der Waals surface area contributed by atoms with E-state index < -0.39 is 40.8 Å². The zero-order valence-electron chi connectivity index (χ0n) is 14.7. The Morgan fingerprint density at radius 3 is 2.59 bits per heavy atom. The third kappa shape index (κ3) is 6.45. The molecule has 2 rings (SSSR count). The lowest BCUT2D eigenvalue weighted by atomic mass is 10.1. The van der Waals surface area contributed by atoms with Gasteiger partial charge in [0.2, 0.25) is 0 Å². The minimum absolute atomic E-state index is 0.00546. The average Bonchev–Trinajstić information content (AvgIpc) is 2.69. The smallest absolute Gasteiger partial charge is 0.416 e. The van der Waals surface area contributed by atoms with Crippen LogP contribution in [0.4, 0.5) is 24.5 Å². The molecule has 1 amide bonds. The second-order valence-corrected chi connectivity index (χ2v) is 5.58. The van der Waals surface area contributed by atoms with Crippen LogP contribution in [0.3, 0.4) is 0 Å². The lowest BCUT2D eigenvalue weighted by Gasteiger charge is -2.11. The lowest BCUT2D eigenvalue weighted by molar-refractivity contribution is -0.384. The highest BCUT2D eigenvalue weighted by Gasteiger charge is 2.33. The monoisotopic (exact) mass is 412 g/mol. The van der Waals surface area contributed by atoms with Crippen LogP contribution in [0.5, 0.6) is 0 Å². The first-order chi connectivity index (χ1) is 13.7. The fraction of sp³-hybridized carbons (Fsp3) is 0.235. The molecule has 154 valence electrons. The van der Waals surface area contributed by atoms with E-state index in [1.807, 2.05) is 0 Å². The van der Waals surface area contributed by atoms with Gasteiger partial charge in [-0.15, -0.1) is 0 Å². The van der Waals surface area contributed by atoms with Crippen LogP contribution in [0.15, 0.2) is 42.7 Å². The van der Waals surface area contributed by atoms with Crippen LogP contribution in [0.25, 0.3) is 0 Å². The SMILES string of the molecule is O=C(COC(=O)c1cccnc1)NCCNc1ccc(C(F)(F)F)cc1[N+](=O)[O-]. The Labute approximate surface area is 162 Å². The number of hydrogen-bond acceptors (Lipinski definition) is 7. The summed E-state index contributed by atoms with van der Waals surface area (Å²) in [7, 11) is 0. The molecule has 2 N–H and O–H groups in total. The van der Waals surface area contributed by atoms with Crippen molar-refractivity contribution in [2.24, 2.45) is 0 Å². The number of benzene rings is 1. The summed E-state index contributed by atoms with van der Waals surface area (Å²) in [5, 5.41) is 16.0. The normalized spacial score (nSPS) is 10.9. The van der Waals surface area contributed by atoms with Crippen LogP contribution < -0.4 is 10.6 Å². The third-order valence-corrected chi connectivity index (χ3v) is 3.52. The number of pyridine rings is 1. The van der Waals surface area contributed by atoms with Crippen molar-refractivity contribution in [1.29, 1.82) is 0 Å². The van der Waals surface area contributed by atoms with Crippen LogP contribution in [0.2, 0.25) is 0 Å². The van der Waals surface area contributed by atoms with Gasteiger partial charge >= 0.3 is 12.1 Å². The highest BCUT2D eigenvalue weighted by molar-refractivity contribution is 5.90. The molecule has 0 aliphatic heterocycles. The van der Waals surface area contributed by atoms with Crippen LogP contribution in [-0.4, -0.2) is 41.5 Å². The van der Waals surface area contributed by atoms with Crippen molar-refractivity contribution in [2.75, 3.05) is 25.0 Å². The van der Waals surface area contributed by atoms with Crippen LogP contribution in [0.1, 0.15) is 15.9 Å². The second kappa shape index (κ2) is 9.48. The summed E-state index contributed by atoms with van der Waals surface area (Å²) in [4.78, 5) is 37.1. The molecule has 0 bridgehead atoms. The highest BCUT2D eigenvalue weighted by Crippen LogP contribution is 2.34. The number of aromatic nitrogens is 1. The van der Waals surface area contributed by atoms with Crippen molar-refractivity contribution >= 4 is 23.3 Å². The van der Waals surface area contributed by atoms with Crippen LogP contribution >= 0.6 is 0 Å². The molecular formula is C17H15F3N4O5. The number of nitrogens with one attached hydrogen (secondary N) is 2. The molecule has 9 nitrogen and oxygen atoms in total. The largest absolute Gasteiger partial charge is 0.452 e. The first-order valence-corrected chi connectivity index (χ1v) is 8.12. The van der Waals surface area contributed by atoms with E-state index in [9.17, 15) is 32.9 Å². The summed E-state index contributed by atoms with van der Waals surface area (Å²) in [6.07, 6.45) is -1.96. The molecule has 0 radical (unpaired) electrons. The van der Waals surface area contributed by atoms with Gasteiger partial charge < -0.3 is 15.4 Å². The van der Waals surface area contributed by atoms with Crippen molar-refractivity contribution in [3.05, 3.63) is 64.0 Å². The van der Waals surface area contributed by atoms with Crippen molar-refractivity contribution in [2.45, 2.75) is 6.18 Å². The summed E-state index contributed by atoms with van der Waals surface area (Å²) in [5.74, 6) is -1.35. The van der Waals surface area contributed by atoms with E-state index in [1.54, 1.807) is 0 Å². The second-order valence-electron chi connectivity index (χ2n) is 5.58. The van der Waals surface area contributed by atoms with Crippen LogP contribution in [0, 0.1) is 10.1 Å². The maximum atomic E-state index is 12.7. The Bertz CT molecular complexity index is 890. The predicted molar refractivity (Wildman–Crippen MR) is 94.1 cm³/mol. The number of carbonyl (C=O) groups is 2. The maximum Gasteiger partial charge on any atom is 0.416 e. The number of amides is 1. The van der Waals surface area contributed by atoms with E-state index in [2.05, 4.69) is 15.6 Å². The molecule has 0 aliphatic carbocycles. The molecule has 0 unspecified atom stereocenters. The number of anilines is 1. The predicted octanol–water partition coefficient (Wildman–Crippen LogP) is 2.39. The highest BCUT2D eigenvalue weighted by atomic mass is 19.4. The number of ether oxygens (including phenoxy) is 1. The molecule has 0 atom stereocenters.